The highest BCUT2D eigenvalue weighted by molar-refractivity contribution is 5.76. The van der Waals surface area contributed by atoms with Gasteiger partial charge in [-0.05, 0) is 26.2 Å². The molecule has 2 fully saturated rings. The standard InChI is InChI=1S/C13H24N2O2/c1-3-4-12(16)15-7-5-13(6-8-15)10-14-9-11(2)17-13/h11,14H,3-10H2,1-2H3. The second kappa shape index (κ2) is 5.36. The Morgan fingerprint density at radius 2 is 2.18 bits per heavy atom. The van der Waals surface area contributed by atoms with Crippen molar-refractivity contribution in [2.45, 2.75) is 51.2 Å². The van der Waals surface area contributed by atoms with Crippen molar-refractivity contribution in [3.8, 4) is 0 Å². The summed E-state index contributed by atoms with van der Waals surface area (Å²) in [7, 11) is 0. The fourth-order valence-corrected chi connectivity index (χ4v) is 2.84. The molecule has 0 aromatic rings. The highest BCUT2D eigenvalue weighted by atomic mass is 16.5. The lowest BCUT2D eigenvalue weighted by molar-refractivity contribution is -0.150. The molecule has 1 atom stereocenters. The van der Waals surface area contributed by atoms with Crippen molar-refractivity contribution in [1.29, 1.82) is 0 Å². The first-order valence-corrected chi connectivity index (χ1v) is 6.81. The summed E-state index contributed by atoms with van der Waals surface area (Å²) < 4.78 is 6.10. The molecule has 2 heterocycles. The lowest BCUT2D eigenvalue weighted by atomic mass is 9.89. The van der Waals surface area contributed by atoms with Crippen LogP contribution in [-0.2, 0) is 9.53 Å². The van der Waals surface area contributed by atoms with Gasteiger partial charge in [0.1, 0.15) is 0 Å². The minimum atomic E-state index is -0.0132. The van der Waals surface area contributed by atoms with Gasteiger partial charge in [-0.15, -0.1) is 0 Å². The lowest BCUT2D eigenvalue weighted by Crippen LogP contribution is -2.58. The third-order valence-corrected chi connectivity index (χ3v) is 3.82. The molecular formula is C13H24N2O2. The minimum absolute atomic E-state index is 0.0132. The van der Waals surface area contributed by atoms with Crippen molar-refractivity contribution in [3.05, 3.63) is 0 Å². The van der Waals surface area contributed by atoms with E-state index in [1.54, 1.807) is 0 Å². The molecule has 4 nitrogen and oxygen atoms in total. The van der Waals surface area contributed by atoms with E-state index < -0.39 is 0 Å². The van der Waals surface area contributed by atoms with Crippen LogP contribution in [0.5, 0.6) is 0 Å². The predicted octanol–water partition coefficient (Wildman–Crippen LogP) is 1.16. The molecule has 17 heavy (non-hydrogen) atoms. The number of ether oxygens (including phenoxy) is 1. The number of likely N-dealkylation sites (tertiary alicyclic amines) is 1. The first kappa shape index (κ1) is 12.8. The van der Waals surface area contributed by atoms with Crippen LogP contribution in [-0.4, -0.2) is 48.7 Å². The smallest absolute Gasteiger partial charge is 0.222 e. The molecule has 0 aliphatic carbocycles. The molecule has 0 bridgehead atoms. The average Bonchev–Trinajstić information content (AvgIpc) is 2.30. The molecule has 1 N–H and O–H groups in total. The number of amides is 1. The highest BCUT2D eigenvalue weighted by Crippen LogP contribution is 2.29. The van der Waals surface area contributed by atoms with Gasteiger partial charge in [-0.3, -0.25) is 4.79 Å². The summed E-state index contributed by atoms with van der Waals surface area (Å²) in [5.74, 6) is 0.305. The molecule has 4 heteroatoms. The topological polar surface area (TPSA) is 41.6 Å². The Morgan fingerprint density at radius 1 is 1.47 bits per heavy atom. The first-order chi connectivity index (χ1) is 8.15. The SMILES string of the molecule is CCCC(=O)N1CCC2(CC1)CNCC(C)O2. The molecule has 0 saturated carbocycles. The van der Waals surface area contributed by atoms with Crippen LogP contribution in [0.3, 0.4) is 0 Å². The van der Waals surface area contributed by atoms with E-state index in [1.807, 2.05) is 4.90 Å². The van der Waals surface area contributed by atoms with E-state index >= 15 is 0 Å². The second-order valence-electron chi connectivity index (χ2n) is 5.37. The fraction of sp³-hybridized carbons (Fsp3) is 0.923. The Morgan fingerprint density at radius 3 is 2.76 bits per heavy atom. The largest absolute Gasteiger partial charge is 0.369 e. The zero-order valence-corrected chi connectivity index (χ0v) is 11.0. The molecule has 1 spiro atoms. The van der Waals surface area contributed by atoms with Crippen LogP contribution < -0.4 is 5.32 Å². The van der Waals surface area contributed by atoms with E-state index in [-0.39, 0.29) is 5.60 Å². The van der Waals surface area contributed by atoms with Gasteiger partial charge in [0.05, 0.1) is 11.7 Å². The molecule has 1 unspecified atom stereocenters. The number of carbonyl (C=O) groups excluding carboxylic acids is 1. The summed E-state index contributed by atoms with van der Waals surface area (Å²) in [6.45, 7) is 7.76. The van der Waals surface area contributed by atoms with Crippen LogP contribution in [0.25, 0.3) is 0 Å². The number of hydrogen-bond acceptors (Lipinski definition) is 3. The quantitative estimate of drug-likeness (QED) is 0.787. The van der Waals surface area contributed by atoms with E-state index in [2.05, 4.69) is 19.2 Å². The van der Waals surface area contributed by atoms with Crippen molar-refractivity contribution >= 4 is 5.91 Å². The number of nitrogens with one attached hydrogen (secondary N) is 1. The highest BCUT2D eigenvalue weighted by Gasteiger charge is 2.39. The molecular weight excluding hydrogens is 216 g/mol. The summed E-state index contributed by atoms with van der Waals surface area (Å²) in [4.78, 5) is 13.8. The Balaban J connectivity index is 1.86. The third-order valence-electron chi connectivity index (χ3n) is 3.82. The fourth-order valence-electron chi connectivity index (χ4n) is 2.84. The summed E-state index contributed by atoms with van der Waals surface area (Å²) >= 11 is 0. The zero-order valence-electron chi connectivity index (χ0n) is 11.0. The molecule has 2 aliphatic rings. The van der Waals surface area contributed by atoms with E-state index in [1.165, 1.54) is 0 Å². The molecule has 2 aliphatic heterocycles. The Bertz CT molecular complexity index is 273. The van der Waals surface area contributed by atoms with Gasteiger partial charge in [-0.2, -0.15) is 0 Å². The van der Waals surface area contributed by atoms with Crippen LogP contribution in [0.15, 0.2) is 0 Å². The van der Waals surface area contributed by atoms with Crippen LogP contribution in [0.2, 0.25) is 0 Å². The van der Waals surface area contributed by atoms with Gasteiger partial charge < -0.3 is 15.0 Å². The van der Waals surface area contributed by atoms with E-state index in [0.29, 0.717) is 18.4 Å². The van der Waals surface area contributed by atoms with Gasteiger partial charge in [0, 0.05) is 32.6 Å². The number of morpholine rings is 1. The molecule has 0 aromatic heterocycles. The molecule has 2 saturated heterocycles. The monoisotopic (exact) mass is 240 g/mol. The Hall–Kier alpha value is -0.610. The number of carbonyl (C=O) groups is 1. The average molecular weight is 240 g/mol. The Kier molecular flexibility index (Phi) is 4.05. The first-order valence-electron chi connectivity index (χ1n) is 6.81. The summed E-state index contributed by atoms with van der Waals surface area (Å²) in [5.41, 5.74) is -0.0132. The van der Waals surface area contributed by atoms with Gasteiger partial charge in [0.25, 0.3) is 0 Å². The van der Waals surface area contributed by atoms with Crippen molar-refractivity contribution in [2.75, 3.05) is 26.2 Å². The van der Waals surface area contributed by atoms with Gasteiger partial charge in [0.2, 0.25) is 5.91 Å². The van der Waals surface area contributed by atoms with Crippen molar-refractivity contribution in [2.24, 2.45) is 0 Å². The zero-order chi connectivity index (χ0) is 12.3. The van der Waals surface area contributed by atoms with Crippen LogP contribution in [0.1, 0.15) is 39.5 Å². The van der Waals surface area contributed by atoms with Crippen molar-refractivity contribution in [3.63, 3.8) is 0 Å². The van der Waals surface area contributed by atoms with E-state index in [9.17, 15) is 4.79 Å². The predicted molar refractivity (Wildman–Crippen MR) is 66.9 cm³/mol. The maximum atomic E-state index is 11.8. The lowest BCUT2D eigenvalue weighted by Gasteiger charge is -2.46. The number of nitrogens with zero attached hydrogens (tertiary/aromatic N) is 1. The number of rotatable bonds is 2. The number of hydrogen-bond donors (Lipinski definition) is 1. The third kappa shape index (κ3) is 2.99. The maximum Gasteiger partial charge on any atom is 0.222 e. The van der Waals surface area contributed by atoms with Gasteiger partial charge in [-0.1, -0.05) is 6.92 Å². The summed E-state index contributed by atoms with van der Waals surface area (Å²) in [6.07, 6.45) is 3.86. The van der Waals surface area contributed by atoms with Crippen LogP contribution in [0, 0.1) is 0 Å². The second-order valence-corrected chi connectivity index (χ2v) is 5.37. The Labute approximate surface area is 104 Å². The molecule has 1 amide bonds. The molecule has 98 valence electrons. The maximum absolute atomic E-state index is 11.8. The molecule has 0 radical (unpaired) electrons. The van der Waals surface area contributed by atoms with E-state index in [0.717, 1.165) is 45.4 Å². The normalized spacial score (nSPS) is 28.4. The van der Waals surface area contributed by atoms with Crippen LogP contribution >= 0.6 is 0 Å². The van der Waals surface area contributed by atoms with Crippen molar-refractivity contribution in [1.82, 2.24) is 10.2 Å². The molecule has 2 rings (SSSR count). The van der Waals surface area contributed by atoms with E-state index in [4.69, 9.17) is 4.74 Å². The minimum Gasteiger partial charge on any atom is -0.369 e. The van der Waals surface area contributed by atoms with Gasteiger partial charge in [-0.25, -0.2) is 0 Å². The van der Waals surface area contributed by atoms with Gasteiger partial charge >= 0.3 is 0 Å². The van der Waals surface area contributed by atoms with Crippen molar-refractivity contribution < 1.29 is 9.53 Å². The summed E-state index contributed by atoms with van der Waals surface area (Å²) in [6, 6.07) is 0. The summed E-state index contributed by atoms with van der Waals surface area (Å²) in [5, 5.41) is 3.44. The molecule has 0 aromatic carbocycles. The van der Waals surface area contributed by atoms with Gasteiger partial charge in [0.15, 0.2) is 0 Å². The van der Waals surface area contributed by atoms with Crippen LogP contribution in [0.4, 0.5) is 0 Å². The number of piperidine rings is 1.